The number of carboxylic acid groups (broad SMARTS) is 1. The SMILES string of the molecule is COc1ccc(C(C(=O)O)c2ncc(C(F)(F)F)cc2Cl)cc1. The van der Waals surface area contributed by atoms with Gasteiger partial charge in [0.2, 0.25) is 0 Å². The zero-order valence-corrected chi connectivity index (χ0v) is 12.5. The van der Waals surface area contributed by atoms with Gasteiger partial charge in [-0.3, -0.25) is 9.78 Å². The maximum Gasteiger partial charge on any atom is 0.417 e. The number of methoxy groups -OCH3 is 1. The summed E-state index contributed by atoms with van der Waals surface area (Å²) in [4.78, 5) is 15.2. The van der Waals surface area contributed by atoms with E-state index in [-0.39, 0.29) is 10.7 Å². The summed E-state index contributed by atoms with van der Waals surface area (Å²) in [6.07, 6.45) is -4.03. The van der Waals surface area contributed by atoms with E-state index in [9.17, 15) is 23.1 Å². The number of ether oxygens (including phenoxy) is 1. The smallest absolute Gasteiger partial charge is 0.417 e. The van der Waals surface area contributed by atoms with Crippen LogP contribution in [0.15, 0.2) is 36.5 Å². The molecule has 0 aliphatic carbocycles. The minimum atomic E-state index is -4.60. The van der Waals surface area contributed by atoms with Crippen molar-refractivity contribution in [1.82, 2.24) is 4.98 Å². The molecule has 122 valence electrons. The number of halogens is 4. The molecule has 1 atom stereocenters. The molecule has 0 aliphatic rings. The lowest BCUT2D eigenvalue weighted by Crippen LogP contribution is -2.16. The van der Waals surface area contributed by atoms with E-state index >= 15 is 0 Å². The fraction of sp³-hybridized carbons (Fsp3) is 0.200. The lowest BCUT2D eigenvalue weighted by molar-refractivity contribution is -0.138. The number of rotatable bonds is 4. The zero-order valence-electron chi connectivity index (χ0n) is 11.8. The van der Waals surface area contributed by atoms with E-state index in [0.29, 0.717) is 23.6 Å². The Bertz CT molecular complexity index is 717. The van der Waals surface area contributed by atoms with E-state index in [0.717, 1.165) is 0 Å². The highest BCUT2D eigenvalue weighted by molar-refractivity contribution is 6.31. The number of hydrogen-bond donors (Lipinski definition) is 1. The van der Waals surface area contributed by atoms with Crippen LogP contribution in [0, 0.1) is 0 Å². The fourth-order valence-corrected chi connectivity index (χ4v) is 2.31. The van der Waals surface area contributed by atoms with Crippen LogP contribution in [-0.2, 0) is 11.0 Å². The number of aromatic nitrogens is 1. The van der Waals surface area contributed by atoms with Gasteiger partial charge in [-0.25, -0.2) is 0 Å². The molecular weight excluding hydrogens is 335 g/mol. The maximum absolute atomic E-state index is 12.6. The van der Waals surface area contributed by atoms with Gasteiger partial charge in [-0.05, 0) is 23.8 Å². The van der Waals surface area contributed by atoms with Crippen LogP contribution in [0.2, 0.25) is 5.02 Å². The quantitative estimate of drug-likeness (QED) is 0.910. The highest BCUT2D eigenvalue weighted by Crippen LogP contribution is 2.35. The highest BCUT2D eigenvalue weighted by Gasteiger charge is 2.33. The van der Waals surface area contributed by atoms with E-state index in [1.165, 1.54) is 19.2 Å². The van der Waals surface area contributed by atoms with E-state index in [4.69, 9.17) is 16.3 Å². The number of carbonyl (C=O) groups is 1. The number of pyridine rings is 1. The van der Waals surface area contributed by atoms with Crippen LogP contribution in [0.3, 0.4) is 0 Å². The van der Waals surface area contributed by atoms with Crippen molar-refractivity contribution in [3.8, 4) is 5.75 Å². The molecule has 0 fully saturated rings. The second-order valence-corrected chi connectivity index (χ2v) is 5.04. The summed E-state index contributed by atoms with van der Waals surface area (Å²) in [7, 11) is 1.46. The summed E-state index contributed by atoms with van der Waals surface area (Å²) in [5, 5.41) is 9.05. The largest absolute Gasteiger partial charge is 0.497 e. The molecule has 0 bridgehead atoms. The Labute approximate surface area is 134 Å². The van der Waals surface area contributed by atoms with Crippen molar-refractivity contribution in [3.05, 3.63) is 58.4 Å². The van der Waals surface area contributed by atoms with E-state index in [1.807, 2.05) is 0 Å². The third-order valence-electron chi connectivity index (χ3n) is 3.17. The van der Waals surface area contributed by atoms with Crippen LogP contribution in [-0.4, -0.2) is 23.2 Å². The van der Waals surface area contributed by atoms with E-state index in [2.05, 4.69) is 4.98 Å². The van der Waals surface area contributed by atoms with Gasteiger partial charge < -0.3 is 9.84 Å². The van der Waals surface area contributed by atoms with Gasteiger partial charge in [-0.15, -0.1) is 0 Å². The van der Waals surface area contributed by atoms with Gasteiger partial charge in [0.1, 0.15) is 11.7 Å². The Kier molecular flexibility index (Phi) is 4.79. The lowest BCUT2D eigenvalue weighted by Gasteiger charge is -2.15. The Balaban J connectivity index is 2.47. The van der Waals surface area contributed by atoms with Gasteiger partial charge in [-0.2, -0.15) is 13.2 Å². The van der Waals surface area contributed by atoms with Crippen LogP contribution in [0.5, 0.6) is 5.75 Å². The van der Waals surface area contributed by atoms with E-state index in [1.54, 1.807) is 12.1 Å². The molecule has 1 unspecified atom stereocenters. The first-order chi connectivity index (χ1) is 10.7. The molecule has 0 radical (unpaired) electrons. The summed E-state index contributed by atoms with van der Waals surface area (Å²) in [6.45, 7) is 0. The molecule has 1 aromatic carbocycles. The van der Waals surface area contributed by atoms with Crippen LogP contribution >= 0.6 is 11.6 Å². The zero-order chi connectivity index (χ0) is 17.2. The topological polar surface area (TPSA) is 59.4 Å². The number of nitrogens with zero attached hydrogens (tertiary/aromatic N) is 1. The van der Waals surface area contributed by atoms with Crippen molar-refractivity contribution >= 4 is 17.6 Å². The molecule has 23 heavy (non-hydrogen) atoms. The second-order valence-electron chi connectivity index (χ2n) is 4.63. The first kappa shape index (κ1) is 17.1. The third kappa shape index (κ3) is 3.73. The molecule has 0 saturated heterocycles. The van der Waals surface area contributed by atoms with Crippen LogP contribution in [0.4, 0.5) is 13.2 Å². The van der Waals surface area contributed by atoms with Gasteiger partial charge in [0, 0.05) is 6.20 Å². The first-order valence-corrected chi connectivity index (χ1v) is 6.71. The summed E-state index contributed by atoms with van der Waals surface area (Å²) in [5.74, 6) is -2.04. The number of benzene rings is 1. The third-order valence-corrected chi connectivity index (χ3v) is 3.47. The van der Waals surface area contributed by atoms with Crippen molar-refractivity contribution in [2.24, 2.45) is 0 Å². The van der Waals surface area contributed by atoms with Crippen LogP contribution in [0.25, 0.3) is 0 Å². The van der Waals surface area contributed by atoms with Gasteiger partial charge in [0.15, 0.2) is 0 Å². The Morgan fingerprint density at radius 3 is 2.35 bits per heavy atom. The number of hydrogen-bond acceptors (Lipinski definition) is 3. The van der Waals surface area contributed by atoms with E-state index < -0.39 is 23.6 Å². The van der Waals surface area contributed by atoms with Crippen molar-refractivity contribution in [1.29, 1.82) is 0 Å². The van der Waals surface area contributed by atoms with Gasteiger partial charge >= 0.3 is 12.1 Å². The maximum atomic E-state index is 12.6. The monoisotopic (exact) mass is 345 g/mol. The summed E-state index contributed by atoms with van der Waals surface area (Å²) in [5.41, 5.74) is -0.866. The molecule has 1 aromatic heterocycles. The fourth-order valence-electron chi connectivity index (χ4n) is 2.03. The molecule has 0 saturated carbocycles. The molecule has 0 aliphatic heterocycles. The number of alkyl halides is 3. The Hall–Kier alpha value is -2.28. The lowest BCUT2D eigenvalue weighted by atomic mass is 9.95. The molecular formula is C15H11ClF3NO3. The summed E-state index contributed by atoms with van der Waals surface area (Å²) < 4.78 is 42.9. The molecule has 8 heteroatoms. The molecule has 4 nitrogen and oxygen atoms in total. The minimum Gasteiger partial charge on any atom is -0.497 e. The van der Waals surface area contributed by atoms with Gasteiger partial charge in [-0.1, -0.05) is 23.7 Å². The molecule has 1 heterocycles. The Morgan fingerprint density at radius 2 is 1.91 bits per heavy atom. The minimum absolute atomic E-state index is 0.155. The Morgan fingerprint density at radius 1 is 1.30 bits per heavy atom. The van der Waals surface area contributed by atoms with Gasteiger partial charge in [0.25, 0.3) is 0 Å². The van der Waals surface area contributed by atoms with Crippen molar-refractivity contribution < 1.29 is 27.8 Å². The molecule has 0 spiro atoms. The predicted octanol–water partition coefficient (Wildman–Crippen LogP) is 3.98. The van der Waals surface area contributed by atoms with Crippen LogP contribution in [0.1, 0.15) is 22.7 Å². The first-order valence-electron chi connectivity index (χ1n) is 6.33. The predicted molar refractivity (Wildman–Crippen MR) is 76.7 cm³/mol. The van der Waals surface area contributed by atoms with Crippen LogP contribution < -0.4 is 4.74 Å². The molecule has 1 N–H and O–H groups in total. The highest BCUT2D eigenvalue weighted by atomic mass is 35.5. The average Bonchev–Trinajstić information content (AvgIpc) is 2.48. The molecule has 0 amide bonds. The standard InChI is InChI=1S/C15H11ClF3NO3/c1-23-10-4-2-8(3-5-10)12(14(21)22)13-11(16)6-9(7-20-13)15(17,18)19/h2-7,12H,1H3,(H,21,22). The molecule has 2 rings (SSSR count). The van der Waals surface area contributed by atoms with Crippen molar-refractivity contribution in [2.75, 3.05) is 7.11 Å². The van der Waals surface area contributed by atoms with Crippen molar-refractivity contribution in [2.45, 2.75) is 12.1 Å². The van der Waals surface area contributed by atoms with Gasteiger partial charge in [0.05, 0.1) is 23.4 Å². The second kappa shape index (κ2) is 6.45. The average molecular weight is 346 g/mol. The summed E-state index contributed by atoms with van der Waals surface area (Å²) >= 11 is 5.83. The number of carboxylic acids is 1. The summed E-state index contributed by atoms with van der Waals surface area (Å²) in [6, 6.07) is 6.75. The normalized spacial score (nSPS) is 12.7. The van der Waals surface area contributed by atoms with Crippen molar-refractivity contribution in [3.63, 3.8) is 0 Å². The number of aliphatic carboxylic acids is 1. The molecule has 2 aromatic rings.